The molecule has 1 N–H and O–H groups in total. The highest BCUT2D eigenvalue weighted by Gasteiger charge is 2.00. The third kappa shape index (κ3) is 3.90. The van der Waals surface area contributed by atoms with Gasteiger partial charge >= 0.3 is 5.97 Å². The number of esters is 1. The number of halogens is 1. The number of hydrogen-bond acceptors (Lipinski definition) is 4. The van der Waals surface area contributed by atoms with E-state index in [1.807, 2.05) is 0 Å². The van der Waals surface area contributed by atoms with Crippen LogP contribution in [0.1, 0.15) is 19.0 Å². The van der Waals surface area contributed by atoms with Gasteiger partial charge in [-0.25, -0.2) is 4.98 Å². The van der Waals surface area contributed by atoms with Gasteiger partial charge in [0.15, 0.2) is 10.9 Å². The van der Waals surface area contributed by atoms with Crippen LogP contribution in [0.5, 0.6) is 5.75 Å². The van der Waals surface area contributed by atoms with E-state index in [4.69, 9.17) is 21.4 Å². The average Bonchev–Trinajstić information content (AvgIpc) is 2.24. The van der Waals surface area contributed by atoms with E-state index >= 15 is 0 Å². The molecule has 0 aliphatic heterocycles. The number of aromatic nitrogens is 1. The van der Waals surface area contributed by atoms with Gasteiger partial charge in [0.2, 0.25) is 0 Å². The summed E-state index contributed by atoms with van der Waals surface area (Å²) in [5.74, 6) is -0.354. The second-order valence-corrected chi connectivity index (χ2v) is 3.32. The molecular weight excluding hydrogens is 230 g/mol. The number of carbonyl (C=O) groups is 1. The number of pyridine rings is 1. The van der Waals surface area contributed by atoms with Crippen molar-refractivity contribution < 1.29 is 14.6 Å². The molecule has 86 valence electrons. The van der Waals surface area contributed by atoms with Crippen LogP contribution in [0.2, 0.25) is 5.15 Å². The standard InChI is InChI=1S/C11H12ClNO3/c1-2-16-10(15)5-3-4-8-6-7-9(14)11(12)13-8/h3-4,6-7,14H,2,5H2,1H3. The number of rotatable bonds is 4. The maximum atomic E-state index is 11.0. The first-order chi connectivity index (χ1) is 7.63. The van der Waals surface area contributed by atoms with E-state index in [-0.39, 0.29) is 23.3 Å². The predicted octanol–water partition coefficient (Wildman–Crippen LogP) is 2.41. The first kappa shape index (κ1) is 12.5. The van der Waals surface area contributed by atoms with Crippen LogP contribution in [-0.2, 0) is 9.53 Å². The highest BCUT2D eigenvalue weighted by Crippen LogP contribution is 2.20. The second-order valence-electron chi connectivity index (χ2n) is 2.96. The Balaban J connectivity index is 2.56. The van der Waals surface area contributed by atoms with Crippen molar-refractivity contribution in [2.75, 3.05) is 6.61 Å². The molecule has 1 heterocycles. The van der Waals surface area contributed by atoms with E-state index in [0.717, 1.165) is 0 Å². The van der Waals surface area contributed by atoms with E-state index < -0.39 is 0 Å². The molecular formula is C11H12ClNO3. The second kappa shape index (κ2) is 6.12. The summed E-state index contributed by atoms with van der Waals surface area (Å²) in [7, 11) is 0. The molecule has 0 atom stereocenters. The minimum Gasteiger partial charge on any atom is -0.505 e. The van der Waals surface area contributed by atoms with Crippen LogP contribution in [0.15, 0.2) is 18.2 Å². The lowest BCUT2D eigenvalue weighted by molar-refractivity contribution is -0.142. The van der Waals surface area contributed by atoms with Gasteiger partial charge in [-0.2, -0.15) is 0 Å². The molecule has 0 bridgehead atoms. The molecule has 0 radical (unpaired) electrons. The van der Waals surface area contributed by atoms with Crippen LogP contribution in [0.4, 0.5) is 0 Å². The molecule has 1 aromatic rings. The lowest BCUT2D eigenvalue weighted by Crippen LogP contribution is -2.01. The van der Waals surface area contributed by atoms with Crippen LogP contribution in [0.25, 0.3) is 6.08 Å². The third-order valence-corrected chi connectivity index (χ3v) is 2.01. The predicted molar refractivity (Wildman–Crippen MR) is 61.2 cm³/mol. The highest BCUT2D eigenvalue weighted by molar-refractivity contribution is 6.30. The van der Waals surface area contributed by atoms with Crippen molar-refractivity contribution >= 4 is 23.6 Å². The molecule has 16 heavy (non-hydrogen) atoms. The van der Waals surface area contributed by atoms with Gasteiger partial charge in [-0.15, -0.1) is 0 Å². The maximum Gasteiger partial charge on any atom is 0.309 e. The number of hydrogen-bond donors (Lipinski definition) is 1. The molecule has 1 rings (SSSR count). The first-order valence-electron chi connectivity index (χ1n) is 4.81. The van der Waals surface area contributed by atoms with Gasteiger partial charge in [0.25, 0.3) is 0 Å². The molecule has 0 aromatic carbocycles. The van der Waals surface area contributed by atoms with Gasteiger partial charge < -0.3 is 9.84 Å². The normalized spacial score (nSPS) is 10.6. The lowest BCUT2D eigenvalue weighted by Gasteiger charge is -1.98. The molecule has 0 amide bonds. The summed E-state index contributed by atoms with van der Waals surface area (Å²) in [6.45, 7) is 2.12. The number of nitrogens with zero attached hydrogens (tertiary/aromatic N) is 1. The number of ether oxygens (including phenoxy) is 1. The third-order valence-electron chi connectivity index (χ3n) is 1.73. The van der Waals surface area contributed by atoms with Crippen molar-refractivity contribution in [1.82, 2.24) is 4.98 Å². The molecule has 1 aromatic heterocycles. The van der Waals surface area contributed by atoms with Crippen LogP contribution < -0.4 is 0 Å². The van der Waals surface area contributed by atoms with Gasteiger partial charge in [0, 0.05) is 0 Å². The molecule has 0 fully saturated rings. The summed E-state index contributed by atoms with van der Waals surface area (Å²) in [5.41, 5.74) is 0.576. The fourth-order valence-electron chi connectivity index (χ4n) is 1.03. The number of carbonyl (C=O) groups excluding carboxylic acids is 1. The van der Waals surface area contributed by atoms with Crippen molar-refractivity contribution in [2.24, 2.45) is 0 Å². The minimum absolute atomic E-state index is 0.0401. The Hall–Kier alpha value is -1.55. The van der Waals surface area contributed by atoms with Crippen molar-refractivity contribution in [3.63, 3.8) is 0 Å². The molecule has 0 spiro atoms. The molecule has 0 saturated heterocycles. The van der Waals surface area contributed by atoms with Gasteiger partial charge in [-0.3, -0.25) is 4.79 Å². The van der Waals surface area contributed by atoms with Gasteiger partial charge in [-0.1, -0.05) is 17.7 Å². The fourth-order valence-corrected chi connectivity index (χ4v) is 1.19. The summed E-state index contributed by atoms with van der Waals surface area (Å²) >= 11 is 5.62. The Bertz CT molecular complexity index is 404. The Kier molecular flexibility index (Phi) is 4.79. The summed E-state index contributed by atoms with van der Waals surface area (Å²) in [6.07, 6.45) is 3.46. The van der Waals surface area contributed by atoms with E-state index in [0.29, 0.717) is 12.3 Å². The van der Waals surface area contributed by atoms with Crippen LogP contribution in [0, 0.1) is 0 Å². The lowest BCUT2D eigenvalue weighted by atomic mass is 10.3. The van der Waals surface area contributed by atoms with Crippen molar-refractivity contribution in [3.05, 3.63) is 29.1 Å². The van der Waals surface area contributed by atoms with Crippen LogP contribution in [0.3, 0.4) is 0 Å². The van der Waals surface area contributed by atoms with Crippen LogP contribution >= 0.6 is 11.6 Å². The zero-order valence-electron chi connectivity index (χ0n) is 8.81. The van der Waals surface area contributed by atoms with E-state index in [9.17, 15) is 4.79 Å². The molecule has 4 nitrogen and oxygen atoms in total. The molecule has 0 aliphatic rings. The summed E-state index contributed by atoms with van der Waals surface area (Å²) < 4.78 is 4.75. The first-order valence-corrected chi connectivity index (χ1v) is 5.19. The summed E-state index contributed by atoms with van der Waals surface area (Å²) in [5, 5.41) is 9.17. The minimum atomic E-state index is -0.288. The zero-order chi connectivity index (χ0) is 12.0. The summed E-state index contributed by atoms with van der Waals surface area (Å²) in [4.78, 5) is 14.9. The maximum absolute atomic E-state index is 11.0. The number of aromatic hydroxyl groups is 1. The van der Waals surface area contributed by atoms with Crippen molar-refractivity contribution in [3.8, 4) is 5.75 Å². The molecule has 0 saturated carbocycles. The summed E-state index contributed by atoms with van der Waals surface area (Å²) in [6, 6.07) is 3.04. The molecule has 0 aliphatic carbocycles. The van der Waals surface area contributed by atoms with E-state index in [1.165, 1.54) is 6.07 Å². The van der Waals surface area contributed by atoms with Gasteiger partial charge in [0.05, 0.1) is 18.7 Å². The Morgan fingerprint density at radius 3 is 3.00 bits per heavy atom. The Labute approximate surface area is 98.5 Å². The Morgan fingerprint density at radius 1 is 1.62 bits per heavy atom. The SMILES string of the molecule is CCOC(=O)CC=Cc1ccc(O)c(Cl)n1. The topological polar surface area (TPSA) is 59.4 Å². The fraction of sp³-hybridized carbons (Fsp3) is 0.273. The quantitative estimate of drug-likeness (QED) is 0.650. The van der Waals surface area contributed by atoms with Gasteiger partial charge in [-0.05, 0) is 25.1 Å². The Morgan fingerprint density at radius 2 is 2.38 bits per heavy atom. The van der Waals surface area contributed by atoms with Crippen molar-refractivity contribution in [1.29, 1.82) is 0 Å². The highest BCUT2D eigenvalue weighted by atomic mass is 35.5. The largest absolute Gasteiger partial charge is 0.505 e. The van der Waals surface area contributed by atoms with E-state index in [2.05, 4.69) is 4.98 Å². The van der Waals surface area contributed by atoms with Gasteiger partial charge in [0.1, 0.15) is 0 Å². The smallest absolute Gasteiger partial charge is 0.309 e. The molecule has 5 heteroatoms. The average molecular weight is 242 g/mol. The van der Waals surface area contributed by atoms with Crippen LogP contribution in [-0.4, -0.2) is 22.7 Å². The van der Waals surface area contributed by atoms with E-state index in [1.54, 1.807) is 25.1 Å². The van der Waals surface area contributed by atoms with Crippen molar-refractivity contribution in [2.45, 2.75) is 13.3 Å². The monoisotopic (exact) mass is 241 g/mol. The molecule has 0 unspecified atom stereocenters. The zero-order valence-corrected chi connectivity index (χ0v) is 9.57.